The molecular formula is C14H12F4N4O2. The van der Waals surface area contributed by atoms with Crippen LogP contribution in [0.5, 0.6) is 0 Å². The lowest BCUT2D eigenvalue weighted by Gasteiger charge is -2.28. The van der Waals surface area contributed by atoms with Crippen molar-refractivity contribution in [3.8, 4) is 5.69 Å². The van der Waals surface area contributed by atoms with Crippen molar-refractivity contribution in [2.45, 2.75) is 25.2 Å². The molecule has 1 aliphatic rings. The summed E-state index contributed by atoms with van der Waals surface area (Å²) in [6, 6.07) is 5.49. The number of aliphatic hydroxyl groups is 1. The number of aliphatic hydroxyl groups excluding tert-OH is 1. The van der Waals surface area contributed by atoms with Crippen LogP contribution in [0.2, 0.25) is 0 Å². The highest BCUT2D eigenvalue weighted by Gasteiger charge is 2.46. The highest BCUT2D eigenvalue weighted by atomic mass is 19.4. The van der Waals surface area contributed by atoms with Crippen LogP contribution < -0.4 is 0 Å². The van der Waals surface area contributed by atoms with Gasteiger partial charge in [-0.15, -0.1) is 5.10 Å². The van der Waals surface area contributed by atoms with E-state index in [0.717, 1.165) is 4.90 Å². The maximum absolute atomic E-state index is 13.0. The third-order valence-corrected chi connectivity index (χ3v) is 3.73. The Morgan fingerprint density at radius 3 is 2.54 bits per heavy atom. The van der Waals surface area contributed by atoms with Crippen molar-refractivity contribution in [1.82, 2.24) is 19.9 Å². The van der Waals surface area contributed by atoms with Crippen molar-refractivity contribution < 1.29 is 27.5 Å². The highest BCUT2D eigenvalue weighted by Crippen LogP contribution is 2.25. The minimum Gasteiger partial charge on any atom is -0.376 e. The molecule has 0 bridgehead atoms. The lowest BCUT2D eigenvalue weighted by molar-refractivity contribution is -0.211. The largest absolute Gasteiger partial charge is 0.423 e. The predicted octanol–water partition coefficient (Wildman–Crippen LogP) is 1.21. The number of nitrogens with zero attached hydrogens (tertiary/aromatic N) is 4. The first-order valence-electron chi connectivity index (χ1n) is 7.00. The fourth-order valence-corrected chi connectivity index (χ4v) is 2.50. The van der Waals surface area contributed by atoms with Gasteiger partial charge in [0.05, 0.1) is 17.9 Å². The molecule has 1 atom stereocenters. The number of amides is 1. The van der Waals surface area contributed by atoms with Crippen molar-refractivity contribution in [2.24, 2.45) is 0 Å². The van der Waals surface area contributed by atoms with E-state index in [-0.39, 0.29) is 19.5 Å². The van der Waals surface area contributed by atoms with Crippen LogP contribution in [0.1, 0.15) is 11.4 Å². The standard InChI is InChI=1S/C14H12F4N4O2/c15-8-1-3-9(4-2-8)22-11-5-6-21(7-10(11)19-20-22)13(24)12(23)14(16,17)18/h1-4,12,23H,5-7H2. The summed E-state index contributed by atoms with van der Waals surface area (Å²) < 4.78 is 51.8. The summed E-state index contributed by atoms with van der Waals surface area (Å²) >= 11 is 0. The van der Waals surface area contributed by atoms with Gasteiger partial charge in [-0.25, -0.2) is 9.07 Å². The van der Waals surface area contributed by atoms with E-state index in [1.807, 2.05) is 0 Å². The van der Waals surface area contributed by atoms with E-state index in [0.29, 0.717) is 17.1 Å². The van der Waals surface area contributed by atoms with Gasteiger partial charge < -0.3 is 10.0 Å². The van der Waals surface area contributed by atoms with Gasteiger partial charge in [0.15, 0.2) is 0 Å². The molecule has 0 saturated heterocycles. The van der Waals surface area contributed by atoms with Crippen molar-refractivity contribution in [1.29, 1.82) is 0 Å². The molecule has 1 N–H and O–H groups in total. The molecule has 1 aromatic heterocycles. The second-order valence-electron chi connectivity index (χ2n) is 5.32. The smallest absolute Gasteiger partial charge is 0.376 e. The molecule has 1 amide bonds. The fraction of sp³-hybridized carbons (Fsp3) is 0.357. The van der Waals surface area contributed by atoms with Crippen LogP contribution in [0.15, 0.2) is 24.3 Å². The third-order valence-electron chi connectivity index (χ3n) is 3.73. The zero-order valence-electron chi connectivity index (χ0n) is 12.2. The molecule has 10 heteroatoms. The summed E-state index contributed by atoms with van der Waals surface area (Å²) in [7, 11) is 0. The number of hydrogen-bond donors (Lipinski definition) is 1. The summed E-state index contributed by atoms with van der Waals surface area (Å²) in [5, 5.41) is 16.8. The van der Waals surface area contributed by atoms with Crippen molar-refractivity contribution >= 4 is 5.91 Å². The lowest BCUT2D eigenvalue weighted by atomic mass is 10.1. The molecule has 0 spiro atoms. The summed E-state index contributed by atoms with van der Waals surface area (Å²) in [5.41, 5.74) is 1.53. The molecule has 2 heterocycles. The van der Waals surface area contributed by atoms with Crippen molar-refractivity contribution in [3.05, 3.63) is 41.5 Å². The number of hydrogen-bond acceptors (Lipinski definition) is 4. The van der Waals surface area contributed by atoms with Crippen molar-refractivity contribution in [3.63, 3.8) is 0 Å². The van der Waals surface area contributed by atoms with E-state index in [1.54, 1.807) is 0 Å². The molecular weight excluding hydrogens is 332 g/mol. The summed E-state index contributed by atoms with van der Waals surface area (Å²) in [6.45, 7) is -0.184. The Hall–Kier alpha value is -2.49. The molecule has 2 aromatic rings. The number of benzene rings is 1. The van der Waals surface area contributed by atoms with Crippen LogP contribution in [0, 0.1) is 5.82 Å². The van der Waals surface area contributed by atoms with Crippen molar-refractivity contribution in [2.75, 3.05) is 6.54 Å². The SMILES string of the molecule is O=C(C(O)C(F)(F)F)N1CCc2c(nnn2-c2ccc(F)cc2)C1. The fourth-order valence-electron chi connectivity index (χ4n) is 2.50. The zero-order valence-corrected chi connectivity index (χ0v) is 12.2. The Labute approximate surface area is 133 Å². The Balaban J connectivity index is 1.81. The van der Waals surface area contributed by atoms with Gasteiger partial charge in [-0.05, 0) is 24.3 Å². The molecule has 128 valence electrons. The quantitative estimate of drug-likeness (QED) is 0.832. The first kappa shape index (κ1) is 16.4. The van der Waals surface area contributed by atoms with Gasteiger partial charge in [-0.2, -0.15) is 13.2 Å². The van der Waals surface area contributed by atoms with Gasteiger partial charge in [0.2, 0.25) is 6.10 Å². The van der Waals surface area contributed by atoms with Crippen LogP contribution in [0.25, 0.3) is 5.69 Å². The molecule has 0 aliphatic carbocycles. The molecule has 6 nitrogen and oxygen atoms in total. The van der Waals surface area contributed by atoms with Crippen LogP contribution in [0.3, 0.4) is 0 Å². The van der Waals surface area contributed by atoms with E-state index < -0.39 is 24.0 Å². The lowest BCUT2D eigenvalue weighted by Crippen LogP contribution is -2.48. The van der Waals surface area contributed by atoms with Gasteiger partial charge in [-0.3, -0.25) is 4.79 Å². The number of carbonyl (C=O) groups excluding carboxylic acids is 1. The predicted molar refractivity (Wildman–Crippen MR) is 72.5 cm³/mol. The second kappa shape index (κ2) is 5.86. The maximum Gasteiger partial charge on any atom is 0.423 e. The molecule has 0 saturated carbocycles. The van der Waals surface area contributed by atoms with Gasteiger partial charge in [0, 0.05) is 13.0 Å². The Morgan fingerprint density at radius 1 is 1.25 bits per heavy atom. The first-order valence-corrected chi connectivity index (χ1v) is 7.00. The topological polar surface area (TPSA) is 71.2 Å². The number of carbonyl (C=O) groups is 1. The number of rotatable bonds is 2. The number of halogens is 4. The number of aromatic nitrogens is 3. The number of fused-ring (bicyclic) bond motifs is 1. The normalized spacial score (nSPS) is 16.0. The van der Waals surface area contributed by atoms with Gasteiger partial charge >= 0.3 is 6.18 Å². The van der Waals surface area contributed by atoms with Gasteiger partial charge in [-0.1, -0.05) is 5.21 Å². The van der Waals surface area contributed by atoms with Crippen LogP contribution in [-0.2, 0) is 17.8 Å². The Kier molecular flexibility index (Phi) is 3.99. The monoisotopic (exact) mass is 344 g/mol. The average Bonchev–Trinajstić information content (AvgIpc) is 2.96. The van der Waals surface area contributed by atoms with E-state index in [1.165, 1.54) is 28.9 Å². The van der Waals surface area contributed by atoms with Gasteiger partial charge in [0.25, 0.3) is 5.91 Å². The Morgan fingerprint density at radius 2 is 1.92 bits per heavy atom. The zero-order chi connectivity index (χ0) is 17.5. The van der Waals surface area contributed by atoms with E-state index in [9.17, 15) is 22.4 Å². The first-order chi connectivity index (χ1) is 11.3. The Bertz CT molecular complexity index is 757. The minimum atomic E-state index is -5.01. The van der Waals surface area contributed by atoms with E-state index in [2.05, 4.69) is 10.3 Å². The molecule has 3 rings (SSSR count). The molecule has 1 aliphatic heterocycles. The number of alkyl halides is 3. The van der Waals surface area contributed by atoms with E-state index >= 15 is 0 Å². The summed E-state index contributed by atoms with van der Waals surface area (Å²) in [6.07, 6.45) is -7.84. The van der Waals surface area contributed by atoms with E-state index in [4.69, 9.17) is 5.11 Å². The third kappa shape index (κ3) is 2.96. The molecule has 1 aromatic carbocycles. The van der Waals surface area contributed by atoms with Crippen LogP contribution in [-0.4, -0.2) is 49.7 Å². The van der Waals surface area contributed by atoms with Gasteiger partial charge in [0.1, 0.15) is 11.5 Å². The minimum absolute atomic E-state index is 0.00641. The van der Waals surface area contributed by atoms with Crippen LogP contribution in [0.4, 0.5) is 17.6 Å². The molecule has 0 radical (unpaired) electrons. The second-order valence-corrected chi connectivity index (χ2v) is 5.32. The average molecular weight is 344 g/mol. The highest BCUT2D eigenvalue weighted by molar-refractivity contribution is 5.81. The molecule has 0 fully saturated rings. The maximum atomic E-state index is 13.0. The molecule has 1 unspecified atom stereocenters. The van der Waals surface area contributed by atoms with Crippen LogP contribution >= 0.6 is 0 Å². The summed E-state index contributed by atoms with van der Waals surface area (Å²) in [5.74, 6) is -1.82. The molecule has 24 heavy (non-hydrogen) atoms. The summed E-state index contributed by atoms with van der Waals surface area (Å²) in [4.78, 5) is 12.6.